The van der Waals surface area contributed by atoms with Gasteiger partial charge in [0.15, 0.2) is 0 Å². The fourth-order valence-electron chi connectivity index (χ4n) is 2.96. The van der Waals surface area contributed by atoms with E-state index >= 15 is 0 Å². The van der Waals surface area contributed by atoms with Crippen LogP contribution in [0.3, 0.4) is 0 Å². The van der Waals surface area contributed by atoms with Gasteiger partial charge in [-0.05, 0) is 42.0 Å². The van der Waals surface area contributed by atoms with Crippen LogP contribution in [-0.2, 0) is 11.3 Å². The summed E-state index contributed by atoms with van der Waals surface area (Å²) in [5, 5.41) is 12.7. The fraction of sp³-hybridized carbons (Fsp3) is 0.238. The van der Waals surface area contributed by atoms with Crippen molar-refractivity contribution in [2.24, 2.45) is 0 Å². The van der Waals surface area contributed by atoms with Gasteiger partial charge in [-0.3, -0.25) is 4.79 Å². The average molecular weight is 399 g/mol. The first-order valence-electron chi connectivity index (χ1n) is 8.94. The summed E-state index contributed by atoms with van der Waals surface area (Å²) in [6.45, 7) is 3.13. The third-order valence-electron chi connectivity index (χ3n) is 4.55. The third kappa shape index (κ3) is 5.24. The molecule has 1 amide bonds. The third-order valence-corrected chi connectivity index (χ3v) is 4.80. The van der Waals surface area contributed by atoms with E-state index in [2.05, 4.69) is 10.2 Å². The lowest BCUT2D eigenvalue weighted by Crippen LogP contribution is -2.44. The smallest absolute Gasteiger partial charge is 0.263 e. The van der Waals surface area contributed by atoms with Crippen molar-refractivity contribution in [1.82, 2.24) is 10.2 Å². The van der Waals surface area contributed by atoms with Gasteiger partial charge in [0.2, 0.25) is 0 Å². The lowest BCUT2D eigenvalue weighted by atomic mass is 10.2. The van der Waals surface area contributed by atoms with Crippen LogP contribution in [0.15, 0.2) is 60.3 Å². The van der Waals surface area contributed by atoms with E-state index in [0.717, 1.165) is 24.3 Å². The van der Waals surface area contributed by atoms with E-state index < -0.39 is 5.91 Å². The van der Waals surface area contributed by atoms with Crippen LogP contribution in [-0.4, -0.2) is 37.0 Å². The van der Waals surface area contributed by atoms with Gasteiger partial charge < -0.3 is 15.1 Å². The molecule has 5 nitrogen and oxygen atoms in total. The Balaban J connectivity index is 1.54. The molecule has 0 aromatic heterocycles. The monoisotopic (exact) mass is 398 g/mol. The zero-order valence-corrected chi connectivity index (χ0v) is 16.0. The Morgan fingerprint density at radius 1 is 1.11 bits per heavy atom. The number of anilines is 1. The van der Waals surface area contributed by atoms with Gasteiger partial charge in [-0.15, -0.1) is 0 Å². The Bertz CT molecular complexity index is 882. The highest BCUT2D eigenvalue weighted by Crippen LogP contribution is 2.17. The Labute approximate surface area is 168 Å². The van der Waals surface area contributed by atoms with Gasteiger partial charge in [0.25, 0.3) is 5.91 Å². The number of hydrogen-bond donors (Lipinski definition) is 1. The van der Waals surface area contributed by atoms with Crippen molar-refractivity contribution in [2.45, 2.75) is 6.54 Å². The summed E-state index contributed by atoms with van der Waals surface area (Å²) in [5.41, 5.74) is 1.94. The lowest BCUT2D eigenvalue weighted by molar-refractivity contribution is -0.117. The second kappa shape index (κ2) is 9.25. The standard InChI is InChI=1S/C21H20ClFN4O/c22-18-3-1-16(2-4-18)14-25-21(28)17(13-24)15-26-9-11-27(12-10-26)20-7-5-19(23)6-8-20/h1-8,15H,9-12,14H2,(H,25,28)/b17-15-. The molecule has 1 fully saturated rings. The minimum absolute atomic E-state index is 0.0733. The minimum atomic E-state index is -0.404. The molecule has 1 saturated heterocycles. The summed E-state index contributed by atoms with van der Waals surface area (Å²) >= 11 is 5.85. The van der Waals surface area contributed by atoms with Gasteiger partial charge in [0.05, 0.1) is 0 Å². The van der Waals surface area contributed by atoms with Crippen LogP contribution in [0.2, 0.25) is 5.02 Å². The largest absolute Gasteiger partial charge is 0.373 e. The molecule has 28 heavy (non-hydrogen) atoms. The normalized spacial score (nSPS) is 14.5. The predicted molar refractivity (Wildman–Crippen MR) is 107 cm³/mol. The Morgan fingerprint density at radius 3 is 2.36 bits per heavy atom. The topological polar surface area (TPSA) is 59.4 Å². The molecule has 1 N–H and O–H groups in total. The number of halogens is 2. The van der Waals surface area contributed by atoms with Crippen LogP contribution in [0.4, 0.5) is 10.1 Å². The number of nitrogens with one attached hydrogen (secondary N) is 1. The van der Waals surface area contributed by atoms with E-state index in [0.29, 0.717) is 24.7 Å². The summed E-state index contributed by atoms with van der Waals surface area (Å²) in [6.07, 6.45) is 1.61. The maximum absolute atomic E-state index is 13.1. The zero-order valence-electron chi connectivity index (χ0n) is 15.2. The SMILES string of the molecule is N#C/C(=C/N1CCN(c2ccc(F)cc2)CC1)C(=O)NCc1ccc(Cl)cc1. The molecule has 0 bridgehead atoms. The van der Waals surface area contributed by atoms with E-state index in [1.165, 1.54) is 12.1 Å². The van der Waals surface area contributed by atoms with E-state index in [-0.39, 0.29) is 11.4 Å². The summed E-state index contributed by atoms with van der Waals surface area (Å²) in [6, 6.07) is 15.5. The molecule has 1 heterocycles. The summed E-state index contributed by atoms with van der Waals surface area (Å²) in [5.74, 6) is -0.660. The van der Waals surface area contributed by atoms with Crippen molar-refractivity contribution < 1.29 is 9.18 Å². The number of rotatable bonds is 5. The first kappa shape index (κ1) is 19.7. The molecule has 7 heteroatoms. The molecule has 1 aliphatic heterocycles. The molecule has 0 aliphatic carbocycles. The van der Waals surface area contributed by atoms with Crippen LogP contribution < -0.4 is 10.2 Å². The van der Waals surface area contributed by atoms with Gasteiger partial charge in [-0.2, -0.15) is 5.26 Å². The molecular formula is C21H20ClFN4O. The van der Waals surface area contributed by atoms with Crippen LogP contribution in [0.1, 0.15) is 5.56 Å². The number of carbonyl (C=O) groups excluding carboxylic acids is 1. The molecule has 0 atom stereocenters. The number of hydrogen-bond acceptors (Lipinski definition) is 4. The highest BCUT2D eigenvalue weighted by Gasteiger charge is 2.17. The summed E-state index contributed by atoms with van der Waals surface area (Å²) in [4.78, 5) is 16.4. The average Bonchev–Trinajstić information content (AvgIpc) is 2.72. The highest BCUT2D eigenvalue weighted by molar-refractivity contribution is 6.30. The van der Waals surface area contributed by atoms with Gasteiger partial charge in [0.1, 0.15) is 17.5 Å². The molecule has 144 valence electrons. The first-order chi connectivity index (χ1) is 13.5. The quantitative estimate of drug-likeness (QED) is 0.620. The van der Waals surface area contributed by atoms with Gasteiger partial charge in [-0.25, -0.2) is 4.39 Å². The van der Waals surface area contributed by atoms with E-state index in [9.17, 15) is 14.4 Å². The van der Waals surface area contributed by atoms with Crippen molar-refractivity contribution in [1.29, 1.82) is 5.26 Å². The van der Waals surface area contributed by atoms with Crippen molar-refractivity contribution in [3.8, 4) is 6.07 Å². The summed E-state index contributed by atoms with van der Waals surface area (Å²) < 4.78 is 13.1. The number of carbonyl (C=O) groups is 1. The van der Waals surface area contributed by atoms with Crippen molar-refractivity contribution >= 4 is 23.2 Å². The van der Waals surface area contributed by atoms with Gasteiger partial charge in [-0.1, -0.05) is 23.7 Å². The van der Waals surface area contributed by atoms with E-state index in [1.807, 2.05) is 23.1 Å². The molecule has 0 radical (unpaired) electrons. The lowest BCUT2D eigenvalue weighted by Gasteiger charge is -2.35. The Morgan fingerprint density at radius 2 is 1.75 bits per heavy atom. The molecule has 3 rings (SSSR count). The van der Waals surface area contributed by atoms with Crippen molar-refractivity contribution in [3.05, 3.63) is 76.7 Å². The highest BCUT2D eigenvalue weighted by atomic mass is 35.5. The number of nitriles is 1. The van der Waals surface area contributed by atoms with Gasteiger partial charge >= 0.3 is 0 Å². The Kier molecular flexibility index (Phi) is 6.51. The predicted octanol–water partition coefficient (Wildman–Crippen LogP) is 3.32. The molecule has 0 saturated carbocycles. The summed E-state index contributed by atoms with van der Waals surface area (Å²) in [7, 11) is 0. The van der Waals surface area contributed by atoms with Crippen molar-refractivity contribution in [2.75, 3.05) is 31.1 Å². The van der Waals surface area contributed by atoms with E-state index in [1.54, 1.807) is 30.5 Å². The number of piperazine rings is 1. The van der Waals surface area contributed by atoms with Crippen LogP contribution in [0.5, 0.6) is 0 Å². The fourth-order valence-corrected chi connectivity index (χ4v) is 3.09. The van der Waals surface area contributed by atoms with Crippen LogP contribution in [0, 0.1) is 17.1 Å². The van der Waals surface area contributed by atoms with Crippen LogP contribution in [0.25, 0.3) is 0 Å². The number of benzene rings is 2. The second-order valence-corrected chi connectivity index (χ2v) is 6.90. The maximum Gasteiger partial charge on any atom is 0.263 e. The molecule has 0 spiro atoms. The maximum atomic E-state index is 13.1. The van der Waals surface area contributed by atoms with Crippen molar-refractivity contribution in [3.63, 3.8) is 0 Å². The minimum Gasteiger partial charge on any atom is -0.373 e. The number of nitrogens with zero attached hydrogens (tertiary/aromatic N) is 3. The molecule has 1 aliphatic rings. The number of amides is 1. The van der Waals surface area contributed by atoms with Gasteiger partial charge in [0, 0.05) is 49.6 Å². The zero-order chi connectivity index (χ0) is 19.9. The molecular weight excluding hydrogens is 379 g/mol. The molecule has 0 unspecified atom stereocenters. The molecule has 2 aromatic rings. The van der Waals surface area contributed by atoms with Crippen LogP contribution >= 0.6 is 11.6 Å². The Hall–Kier alpha value is -3.04. The molecule has 2 aromatic carbocycles. The van der Waals surface area contributed by atoms with E-state index in [4.69, 9.17) is 11.6 Å². The first-order valence-corrected chi connectivity index (χ1v) is 9.32. The second-order valence-electron chi connectivity index (χ2n) is 6.46.